The molecule has 1 heterocycles. The smallest absolute Gasteiger partial charge is 0.323 e. The van der Waals surface area contributed by atoms with Gasteiger partial charge in [0.25, 0.3) is 0 Å². The van der Waals surface area contributed by atoms with Crippen LogP contribution in [0.4, 0.5) is 5.69 Å². The predicted octanol–water partition coefficient (Wildman–Crippen LogP) is -0.981. The molecule has 0 atom stereocenters. The van der Waals surface area contributed by atoms with Gasteiger partial charge in [0.2, 0.25) is 5.88 Å². The first-order valence-corrected chi connectivity index (χ1v) is 3.99. The Morgan fingerprint density at radius 3 is 2.60 bits per heavy atom. The van der Waals surface area contributed by atoms with Crippen LogP contribution in [-0.2, 0) is 9.59 Å². The molecule has 1 aromatic rings. The highest BCUT2D eigenvalue weighted by Crippen LogP contribution is 2.10. The number of pyridine rings is 1. The van der Waals surface area contributed by atoms with Crippen molar-refractivity contribution >= 4 is 17.5 Å². The van der Waals surface area contributed by atoms with Crippen molar-refractivity contribution in [2.75, 3.05) is 12.4 Å². The van der Waals surface area contributed by atoms with Gasteiger partial charge in [0, 0.05) is 6.07 Å². The van der Waals surface area contributed by atoms with Crippen LogP contribution in [0.2, 0.25) is 0 Å². The number of carbonyl (C=O) groups excluding carboxylic acids is 2. The second-order valence-corrected chi connectivity index (χ2v) is 2.52. The van der Waals surface area contributed by atoms with Crippen molar-refractivity contribution in [3.63, 3.8) is 0 Å². The molecule has 0 aliphatic heterocycles. The van der Waals surface area contributed by atoms with Crippen molar-refractivity contribution in [3.05, 3.63) is 18.3 Å². The lowest BCUT2D eigenvalue weighted by molar-refractivity contribution is -0.136. The minimum Gasteiger partial charge on any atom is -0.481 e. The van der Waals surface area contributed by atoms with Crippen LogP contribution in [0, 0.1) is 0 Å². The average molecular weight is 210 g/mol. The third-order valence-corrected chi connectivity index (χ3v) is 1.54. The lowest BCUT2D eigenvalue weighted by Crippen LogP contribution is -2.39. The third kappa shape index (κ3) is 2.92. The predicted molar refractivity (Wildman–Crippen MR) is 51.7 cm³/mol. The van der Waals surface area contributed by atoms with E-state index in [2.05, 4.69) is 10.3 Å². The molecule has 4 N–H and O–H groups in total. The zero-order valence-corrected chi connectivity index (χ0v) is 7.98. The van der Waals surface area contributed by atoms with E-state index < -0.39 is 11.8 Å². The third-order valence-electron chi connectivity index (χ3n) is 1.54. The van der Waals surface area contributed by atoms with Crippen LogP contribution < -0.4 is 21.3 Å². The Hall–Kier alpha value is -2.15. The highest BCUT2D eigenvalue weighted by Gasteiger charge is 2.11. The van der Waals surface area contributed by atoms with Crippen molar-refractivity contribution in [1.82, 2.24) is 10.4 Å². The molecule has 0 saturated carbocycles. The minimum absolute atomic E-state index is 0.379. The van der Waals surface area contributed by atoms with Crippen molar-refractivity contribution in [3.8, 4) is 5.88 Å². The number of carbonyl (C=O) groups is 2. The van der Waals surface area contributed by atoms with Gasteiger partial charge in [-0.25, -0.2) is 10.8 Å². The summed E-state index contributed by atoms with van der Waals surface area (Å²) in [5.41, 5.74) is 2.09. The van der Waals surface area contributed by atoms with Gasteiger partial charge in [0.05, 0.1) is 19.0 Å². The summed E-state index contributed by atoms with van der Waals surface area (Å²) in [6, 6.07) is 3.10. The number of rotatable bonds is 2. The van der Waals surface area contributed by atoms with Gasteiger partial charge in [-0.05, 0) is 6.07 Å². The van der Waals surface area contributed by atoms with E-state index in [0.717, 1.165) is 0 Å². The van der Waals surface area contributed by atoms with E-state index in [0.29, 0.717) is 11.6 Å². The van der Waals surface area contributed by atoms with Gasteiger partial charge in [-0.3, -0.25) is 15.0 Å². The van der Waals surface area contributed by atoms with E-state index in [-0.39, 0.29) is 0 Å². The molecule has 80 valence electrons. The molecule has 0 radical (unpaired) electrons. The molecule has 0 aromatic carbocycles. The summed E-state index contributed by atoms with van der Waals surface area (Å²) in [5.74, 6) is 3.41. The maximum absolute atomic E-state index is 11.0. The second-order valence-electron chi connectivity index (χ2n) is 2.52. The summed E-state index contributed by atoms with van der Waals surface area (Å²) in [6.45, 7) is 0. The Labute approximate surface area is 85.6 Å². The Morgan fingerprint density at radius 2 is 2.13 bits per heavy atom. The minimum atomic E-state index is -0.925. The summed E-state index contributed by atoms with van der Waals surface area (Å²) < 4.78 is 4.82. The first kappa shape index (κ1) is 10.9. The summed E-state index contributed by atoms with van der Waals surface area (Å²) in [7, 11) is 1.47. The van der Waals surface area contributed by atoms with Crippen molar-refractivity contribution in [2.45, 2.75) is 0 Å². The number of anilines is 1. The molecule has 2 amide bonds. The van der Waals surface area contributed by atoms with E-state index in [9.17, 15) is 9.59 Å². The van der Waals surface area contributed by atoms with Gasteiger partial charge in [-0.15, -0.1) is 0 Å². The second kappa shape index (κ2) is 4.91. The van der Waals surface area contributed by atoms with Crippen LogP contribution in [0.15, 0.2) is 18.3 Å². The van der Waals surface area contributed by atoms with Crippen LogP contribution in [0.5, 0.6) is 5.88 Å². The fourth-order valence-corrected chi connectivity index (χ4v) is 0.828. The maximum atomic E-state index is 11.0. The van der Waals surface area contributed by atoms with Crippen LogP contribution in [0.1, 0.15) is 0 Å². The Morgan fingerprint density at radius 1 is 1.40 bits per heavy atom. The monoisotopic (exact) mass is 210 g/mol. The van der Waals surface area contributed by atoms with Crippen molar-refractivity contribution in [2.24, 2.45) is 5.84 Å². The summed E-state index contributed by atoms with van der Waals surface area (Å²) in [5, 5.41) is 2.29. The number of nitrogens with one attached hydrogen (secondary N) is 2. The Balaban J connectivity index is 2.65. The van der Waals surface area contributed by atoms with Gasteiger partial charge in [-0.1, -0.05) is 0 Å². The van der Waals surface area contributed by atoms with Crippen LogP contribution in [0.3, 0.4) is 0 Å². The number of nitrogens with zero attached hydrogens (tertiary/aromatic N) is 1. The van der Waals surface area contributed by atoms with E-state index in [1.165, 1.54) is 13.3 Å². The van der Waals surface area contributed by atoms with E-state index in [1.54, 1.807) is 17.6 Å². The molecule has 1 rings (SSSR count). The lowest BCUT2D eigenvalue weighted by atomic mass is 10.4. The number of hydrogen-bond donors (Lipinski definition) is 3. The van der Waals surface area contributed by atoms with Gasteiger partial charge in [0.1, 0.15) is 0 Å². The zero-order chi connectivity index (χ0) is 11.3. The van der Waals surface area contributed by atoms with Gasteiger partial charge >= 0.3 is 11.8 Å². The Kier molecular flexibility index (Phi) is 3.58. The molecule has 0 aliphatic carbocycles. The molecule has 15 heavy (non-hydrogen) atoms. The molecule has 7 nitrogen and oxygen atoms in total. The number of methoxy groups -OCH3 is 1. The number of ether oxygens (including phenoxy) is 1. The van der Waals surface area contributed by atoms with Crippen molar-refractivity contribution in [1.29, 1.82) is 0 Å². The summed E-state index contributed by atoms with van der Waals surface area (Å²) in [6.07, 6.45) is 1.36. The van der Waals surface area contributed by atoms with E-state index in [4.69, 9.17) is 10.6 Å². The molecular formula is C8H10N4O3. The highest BCUT2D eigenvalue weighted by atomic mass is 16.5. The molecule has 7 heteroatoms. The highest BCUT2D eigenvalue weighted by molar-refractivity contribution is 6.39. The fraction of sp³-hybridized carbons (Fsp3) is 0.125. The number of nitrogens with two attached hydrogens (primary N) is 1. The van der Waals surface area contributed by atoms with Crippen LogP contribution >= 0.6 is 0 Å². The van der Waals surface area contributed by atoms with Gasteiger partial charge in [-0.2, -0.15) is 0 Å². The van der Waals surface area contributed by atoms with Crippen LogP contribution in [0.25, 0.3) is 0 Å². The Bertz CT molecular complexity index is 363. The van der Waals surface area contributed by atoms with Crippen molar-refractivity contribution < 1.29 is 14.3 Å². The van der Waals surface area contributed by atoms with Gasteiger partial charge in [0.15, 0.2) is 0 Å². The molecule has 0 aliphatic rings. The maximum Gasteiger partial charge on any atom is 0.323 e. The average Bonchev–Trinajstić information content (AvgIpc) is 2.29. The fourth-order valence-electron chi connectivity index (χ4n) is 0.828. The number of hydrazine groups is 1. The van der Waals surface area contributed by atoms with Crippen LogP contribution in [-0.4, -0.2) is 23.9 Å². The number of aromatic nitrogens is 1. The molecule has 0 unspecified atom stereocenters. The molecule has 0 fully saturated rings. The SMILES string of the molecule is COc1ccc(NC(=O)C(=O)NN)cn1. The molecular weight excluding hydrogens is 200 g/mol. The first-order chi connectivity index (χ1) is 7.17. The molecule has 0 spiro atoms. The van der Waals surface area contributed by atoms with Gasteiger partial charge < -0.3 is 10.1 Å². The molecule has 0 saturated heterocycles. The van der Waals surface area contributed by atoms with E-state index in [1.807, 2.05) is 0 Å². The normalized spacial score (nSPS) is 9.20. The molecule has 0 bridgehead atoms. The summed E-state index contributed by atoms with van der Waals surface area (Å²) in [4.78, 5) is 25.6. The topological polar surface area (TPSA) is 106 Å². The number of hydrogen-bond acceptors (Lipinski definition) is 5. The standard InChI is InChI=1S/C8H10N4O3/c1-15-6-3-2-5(4-10-6)11-7(13)8(14)12-9/h2-4H,9H2,1H3,(H,11,13)(H,12,14). The number of amides is 2. The van der Waals surface area contributed by atoms with E-state index >= 15 is 0 Å². The quantitative estimate of drug-likeness (QED) is 0.252. The largest absolute Gasteiger partial charge is 0.481 e. The summed E-state index contributed by atoms with van der Waals surface area (Å²) >= 11 is 0. The zero-order valence-electron chi connectivity index (χ0n) is 7.98. The first-order valence-electron chi connectivity index (χ1n) is 3.99. The lowest BCUT2D eigenvalue weighted by Gasteiger charge is -2.03. The molecule has 1 aromatic heterocycles.